The van der Waals surface area contributed by atoms with Crippen LogP contribution in [0.15, 0.2) is 28.9 Å². The lowest BCUT2D eigenvalue weighted by molar-refractivity contribution is 0.327. The molecule has 0 bridgehead atoms. The number of ether oxygens (including phenoxy) is 1. The first-order valence-corrected chi connectivity index (χ1v) is 11.0. The highest BCUT2D eigenvalue weighted by atomic mass is 32.2. The molecule has 2 atom stereocenters. The summed E-state index contributed by atoms with van der Waals surface area (Å²) in [6.07, 6.45) is 7.79. The van der Waals surface area contributed by atoms with Gasteiger partial charge in [0, 0.05) is 0 Å². The van der Waals surface area contributed by atoms with Crippen LogP contribution >= 0.6 is 11.8 Å². The van der Waals surface area contributed by atoms with E-state index in [4.69, 9.17) is 9.73 Å². The molecule has 1 fully saturated rings. The van der Waals surface area contributed by atoms with E-state index in [2.05, 4.69) is 51.7 Å². The summed E-state index contributed by atoms with van der Waals surface area (Å²) in [5.74, 6) is 0. The van der Waals surface area contributed by atoms with Gasteiger partial charge in [-0.2, -0.15) is 0 Å². The zero-order valence-electron chi connectivity index (χ0n) is 11.8. The maximum atomic E-state index is 6.21. The summed E-state index contributed by atoms with van der Waals surface area (Å²) >= 11 is 1.90. The van der Waals surface area contributed by atoms with Crippen LogP contribution in [0, 0.1) is 0 Å². The fourth-order valence-corrected chi connectivity index (χ4v) is 8.75. The summed E-state index contributed by atoms with van der Waals surface area (Å²) in [4.78, 5) is 4.91. The molecule has 0 aromatic carbocycles. The molecular weight excluding hydrogens is 258 g/mol. The van der Waals surface area contributed by atoms with E-state index in [1.165, 1.54) is 10.7 Å². The van der Waals surface area contributed by atoms with E-state index >= 15 is 0 Å². The number of thioether (sulfide) groups is 1. The van der Waals surface area contributed by atoms with E-state index in [1.54, 1.807) is 0 Å². The summed E-state index contributed by atoms with van der Waals surface area (Å²) in [5, 5.41) is 1.59. The lowest BCUT2D eigenvalue weighted by Gasteiger charge is -2.27. The molecule has 0 aromatic rings. The molecule has 1 aliphatic carbocycles. The smallest absolute Gasteiger partial charge is 0.133 e. The second kappa shape index (κ2) is 3.61. The first-order valence-electron chi connectivity index (χ1n) is 6.61. The highest BCUT2D eigenvalue weighted by Gasteiger charge is 2.73. The molecule has 0 aromatic heterocycles. The lowest BCUT2D eigenvalue weighted by Crippen LogP contribution is -2.50. The van der Waals surface area contributed by atoms with Crippen molar-refractivity contribution in [2.45, 2.75) is 56.0 Å². The molecule has 18 heavy (non-hydrogen) atoms. The summed E-state index contributed by atoms with van der Waals surface area (Å²) in [5.41, 5.74) is 1.20. The van der Waals surface area contributed by atoms with E-state index in [0.29, 0.717) is 5.25 Å². The van der Waals surface area contributed by atoms with Gasteiger partial charge >= 0.3 is 0 Å². The third kappa shape index (κ3) is 1.55. The third-order valence-corrected chi connectivity index (χ3v) is 8.60. The van der Waals surface area contributed by atoms with Gasteiger partial charge in [-0.3, -0.25) is 0 Å². The normalized spacial score (nSPS) is 37.1. The Morgan fingerprint density at radius 1 is 1.39 bits per heavy atom. The molecule has 2 unspecified atom stereocenters. The standard InChI is InChI=1S/C14H21NOSSi/c1-13(2)14(16-13,18(3,4)5)12-15-10-8-6-7-9-11(10)17-12/h7-9,11H,6H2,1-5H3. The monoisotopic (exact) mass is 279 g/mol. The molecule has 3 rings (SSSR count). The van der Waals surface area contributed by atoms with Gasteiger partial charge in [0.15, 0.2) is 0 Å². The molecule has 2 heterocycles. The van der Waals surface area contributed by atoms with Crippen LogP contribution in [0.25, 0.3) is 0 Å². The zero-order valence-corrected chi connectivity index (χ0v) is 13.6. The van der Waals surface area contributed by atoms with Gasteiger partial charge in [-0.05, 0) is 20.3 Å². The van der Waals surface area contributed by atoms with Gasteiger partial charge in [0.05, 0.1) is 24.6 Å². The van der Waals surface area contributed by atoms with Crippen LogP contribution in [0.2, 0.25) is 19.6 Å². The molecule has 2 nitrogen and oxygen atoms in total. The minimum Gasteiger partial charge on any atom is -0.360 e. The van der Waals surface area contributed by atoms with Gasteiger partial charge in [0.1, 0.15) is 10.3 Å². The second-order valence-electron chi connectivity index (χ2n) is 6.79. The van der Waals surface area contributed by atoms with Crippen LogP contribution < -0.4 is 0 Å². The van der Waals surface area contributed by atoms with Crippen molar-refractivity contribution in [2.75, 3.05) is 0 Å². The highest BCUT2D eigenvalue weighted by molar-refractivity contribution is 8.15. The maximum absolute atomic E-state index is 6.21. The minimum absolute atomic E-state index is 0.0406. The summed E-state index contributed by atoms with van der Waals surface area (Å²) in [6, 6.07) is 0. The second-order valence-corrected chi connectivity index (χ2v) is 13.1. The molecule has 0 N–H and O–H groups in total. The van der Waals surface area contributed by atoms with Crippen molar-refractivity contribution in [1.82, 2.24) is 0 Å². The number of allylic oxidation sites excluding steroid dienone is 2. The van der Waals surface area contributed by atoms with Crippen LogP contribution in [0.1, 0.15) is 20.3 Å². The van der Waals surface area contributed by atoms with Crippen molar-refractivity contribution in [3.05, 3.63) is 23.9 Å². The van der Waals surface area contributed by atoms with Crippen molar-refractivity contribution in [2.24, 2.45) is 4.99 Å². The van der Waals surface area contributed by atoms with Crippen LogP contribution in [-0.4, -0.2) is 29.2 Å². The molecule has 2 aliphatic heterocycles. The minimum atomic E-state index is -1.46. The molecular formula is C14H21NOSSi. The van der Waals surface area contributed by atoms with Crippen LogP contribution in [0.5, 0.6) is 0 Å². The molecule has 0 amide bonds. The van der Waals surface area contributed by atoms with Crippen LogP contribution in [0.3, 0.4) is 0 Å². The van der Waals surface area contributed by atoms with Crippen molar-refractivity contribution in [1.29, 1.82) is 0 Å². The molecule has 1 saturated heterocycles. The highest BCUT2D eigenvalue weighted by Crippen LogP contribution is 2.58. The fraction of sp³-hybridized carbons (Fsp3) is 0.643. The molecule has 0 radical (unpaired) electrons. The first kappa shape index (κ1) is 12.7. The number of hydrogen-bond acceptors (Lipinski definition) is 3. The number of nitrogens with zero attached hydrogens (tertiary/aromatic N) is 1. The van der Waals surface area contributed by atoms with E-state index in [-0.39, 0.29) is 10.8 Å². The predicted molar refractivity (Wildman–Crippen MR) is 81.9 cm³/mol. The molecule has 4 heteroatoms. The van der Waals surface area contributed by atoms with E-state index < -0.39 is 8.07 Å². The van der Waals surface area contributed by atoms with Crippen LogP contribution in [0.4, 0.5) is 0 Å². The van der Waals surface area contributed by atoms with Gasteiger partial charge in [-0.1, -0.05) is 49.6 Å². The zero-order chi connectivity index (χ0) is 13.2. The Balaban J connectivity index is 1.99. The Kier molecular flexibility index (Phi) is 2.55. The van der Waals surface area contributed by atoms with E-state index in [1.807, 2.05) is 11.8 Å². The van der Waals surface area contributed by atoms with Gasteiger partial charge in [0.2, 0.25) is 0 Å². The maximum Gasteiger partial charge on any atom is 0.133 e. The lowest BCUT2D eigenvalue weighted by atomic mass is 10.1. The van der Waals surface area contributed by atoms with Gasteiger partial charge < -0.3 is 4.74 Å². The van der Waals surface area contributed by atoms with Crippen LogP contribution in [-0.2, 0) is 4.74 Å². The Morgan fingerprint density at radius 2 is 2.06 bits per heavy atom. The fourth-order valence-electron chi connectivity index (χ4n) is 3.28. The Morgan fingerprint density at radius 3 is 2.56 bits per heavy atom. The predicted octanol–water partition coefficient (Wildman–Crippen LogP) is 3.77. The molecule has 98 valence electrons. The first-order chi connectivity index (χ1) is 8.28. The number of aliphatic imine (C=N–C) groups is 1. The van der Waals surface area contributed by atoms with Crippen molar-refractivity contribution in [3.63, 3.8) is 0 Å². The van der Waals surface area contributed by atoms with Gasteiger partial charge in [0.25, 0.3) is 0 Å². The molecule has 3 aliphatic rings. The summed E-state index contributed by atoms with van der Waals surface area (Å²) in [7, 11) is -1.46. The molecule has 0 saturated carbocycles. The average molecular weight is 279 g/mol. The largest absolute Gasteiger partial charge is 0.360 e. The number of fused-ring (bicyclic) bond motifs is 1. The number of rotatable bonds is 2. The Labute approximate surface area is 115 Å². The quantitative estimate of drug-likeness (QED) is 0.437. The van der Waals surface area contributed by atoms with Gasteiger partial charge in [-0.15, -0.1) is 0 Å². The summed E-state index contributed by atoms with van der Waals surface area (Å²) < 4.78 is 6.21. The van der Waals surface area contributed by atoms with Crippen molar-refractivity contribution >= 4 is 24.9 Å². The van der Waals surface area contributed by atoms with Gasteiger partial charge in [-0.25, -0.2) is 4.99 Å². The summed E-state index contributed by atoms with van der Waals surface area (Å²) in [6.45, 7) is 11.6. The topological polar surface area (TPSA) is 24.9 Å². The van der Waals surface area contributed by atoms with Crippen molar-refractivity contribution < 1.29 is 4.74 Å². The van der Waals surface area contributed by atoms with E-state index in [9.17, 15) is 0 Å². The Hall–Kier alpha value is -0.323. The number of epoxide rings is 1. The molecule has 0 spiro atoms. The van der Waals surface area contributed by atoms with Crippen molar-refractivity contribution in [3.8, 4) is 0 Å². The van der Waals surface area contributed by atoms with E-state index in [0.717, 1.165) is 6.42 Å². The third-order valence-electron chi connectivity index (χ3n) is 4.11. The Bertz CT molecular complexity index is 487. The SMILES string of the molecule is CC1(C)OC1(C1=NC2=CCC=CC2S1)[Si](C)(C)C. The average Bonchev–Trinajstić information content (AvgIpc) is 2.69. The number of hydrogen-bond donors (Lipinski definition) is 0.